The van der Waals surface area contributed by atoms with Gasteiger partial charge in [-0.2, -0.15) is 0 Å². The third-order valence-electron chi connectivity index (χ3n) is 6.13. The molecule has 1 N–H and O–H groups in total. The fraction of sp³-hybridized carbons (Fsp3) is 0.333. The summed E-state index contributed by atoms with van der Waals surface area (Å²) in [5.41, 5.74) is 2.37. The first-order valence-corrected chi connectivity index (χ1v) is 11.7. The predicted octanol–water partition coefficient (Wildman–Crippen LogP) is 4.07. The van der Waals surface area contributed by atoms with Crippen LogP contribution in [-0.4, -0.2) is 63.3 Å². The number of rotatable bonds is 8. The van der Waals surface area contributed by atoms with E-state index in [-0.39, 0.29) is 5.91 Å². The predicted molar refractivity (Wildman–Crippen MR) is 137 cm³/mol. The Morgan fingerprint density at radius 3 is 2.37 bits per heavy atom. The Kier molecular flexibility index (Phi) is 8.05. The SMILES string of the molecule is COc1ccc(CN2CCCN(c3ccc(NC(=O)c4ccccc4)cn3)CC2)c(OC)c1OC. The molecule has 4 rings (SSSR count). The molecule has 1 saturated heterocycles. The Morgan fingerprint density at radius 1 is 0.886 bits per heavy atom. The van der Waals surface area contributed by atoms with Gasteiger partial charge in [-0.1, -0.05) is 24.3 Å². The van der Waals surface area contributed by atoms with Gasteiger partial charge in [0.1, 0.15) is 5.82 Å². The summed E-state index contributed by atoms with van der Waals surface area (Å²) in [7, 11) is 4.90. The zero-order chi connectivity index (χ0) is 24.6. The minimum atomic E-state index is -0.142. The summed E-state index contributed by atoms with van der Waals surface area (Å²) < 4.78 is 16.6. The molecule has 1 aromatic heterocycles. The van der Waals surface area contributed by atoms with Gasteiger partial charge in [-0.25, -0.2) is 4.98 Å². The van der Waals surface area contributed by atoms with E-state index >= 15 is 0 Å². The molecule has 0 saturated carbocycles. The molecular weight excluding hydrogens is 444 g/mol. The molecule has 2 aromatic carbocycles. The number of benzene rings is 2. The summed E-state index contributed by atoms with van der Waals surface area (Å²) in [4.78, 5) is 21.7. The van der Waals surface area contributed by atoms with Crippen molar-refractivity contribution in [3.8, 4) is 17.2 Å². The number of anilines is 2. The zero-order valence-corrected chi connectivity index (χ0v) is 20.5. The molecule has 0 aliphatic carbocycles. The van der Waals surface area contributed by atoms with Crippen LogP contribution in [0.5, 0.6) is 17.2 Å². The molecule has 0 bridgehead atoms. The summed E-state index contributed by atoms with van der Waals surface area (Å²) in [6.07, 6.45) is 2.73. The highest BCUT2D eigenvalue weighted by molar-refractivity contribution is 6.04. The molecule has 0 spiro atoms. The second kappa shape index (κ2) is 11.6. The average Bonchev–Trinajstić information content (AvgIpc) is 3.14. The maximum atomic E-state index is 12.4. The third-order valence-corrected chi connectivity index (χ3v) is 6.13. The van der Waals surface area contributed by atoms with Crippen molar-refractivity contribution >= 4 is 17.4 Å². The molecule has 0 atom stereocenters. The van der Waals surface area contributed by atoms with Crippen LogP contribution in [0.4, 0.5) is 11.5 Å². The first-order valence-electron chi connectivity index (χ1n) is 11.7. The standard InChI is InChI=1S/C27H32N4O4/c1-33-23-12-10-21(25(34-2)26(23)35-3)19-30-14-7-15-31(17-16-30)24-13-11-22(18-28-24)29-27(32)20-8-5-4-6-9-20/h4-6,8-13,18H,7,14-17,19H2,1-3H3,(H,29,32). The van der Waals surface area contributed by atoms with Gasteiger partial charge in [-0.05, 0) is 36.8 Å². The quantitative estimate of drug-likeness (QED) is 0.525. The minimum Gasteiger partial charge on any atom is -0.493 e. The van der Waals surface area contributed by atoms with E-state index in [1.807, 2.05) is 42.5 Å². The Morgan fingerprint density at radius 2 is 1.69 bits per heavy atom. The largest absolute Gasteiger partial charge is 0.493 e. The number of ether oxygens (including phenoxy) is 3. The van der Waals surface area contributed by atoms with Crippen LogP contribution in [0.15, 0.2) is 60.8 Å². The minimum absolute atomic E-state index is 0.142. The highest BCUT2D eigenvalue weighted by atomic mass is 16.5. The first-order chi connectivity index (χ1) is 17.1. The van der Waals surface area contributed by atoms with Crippen LogP contribution in [0.3, 0.4) is 0 Å². The second-order valence-corrected chi connectivity index (χ2v) is 8.34. The lowest BCUT2D eigenvalue weighted by molar-refractivity contribution is 0.102. The molecular formula is C27H32N4O4. The zero-order valence-electron chi connectivity index (χ0n) is 20.5. The number of hydrogen-bond acceptors (Lipinski definition) is 7. The van der Waals surface area contributed by atoms with Crippen molar-refractivity contribution in [3.63, 3.8) is 0 Å². The summed E-state index contributed by atoms with van der Waals surface area (Å²) >= 11 is 0. The highest BCUT2D eigenvalue weighted by Gasteiger charge is 2.21. The van der Waals surface area contributed by atoms with Gasteiger partial charge in [-0.15, -0.1) is 0 Å². The topological polar surface area (TPSA) is 76.2 Å². The molecule has 1 aliphatic heterocycles. The van der Waals surface area contributed by atoms with Gasteiger partial charge in [0.05, 0.1) is 33.2 Å². The fourth-order valence-corrected chi connectivity index (χ4v) is 4.33. The molecule has 1 amide bonds. The van der Waals surface area contributed by atoms with E-state index in [4.69, 9.17) is 14.2 Å². The third kappa shape index (κ3) is 5.84. The van der Waals surface area contributed by atoms with Crippen molar-refractivity contribution in [1.29, 1.82) is 0 Å². The number of carbonyl (C=O) groups is 1. The number of aromatic nitrogens is 1. The lowest BCUT2D eigenvalue weighted by Gasteiger charge is -2.24. The number of pyridine rings is 1. The van der Waals surface area contributed by atoms with Crippen LogP contribution in [0.1, 0.15) is 22.3 Å². The molecule has 3 aromatic rings. The summed E-state index contributed by atoms with van der Waals surface area (Å²) in [6.45, 7) is 4.40. The van der Waals surface area contributed by atoms with E-state index in [1.165, 1.54) is 0 Å². The van der Waals surface area contributed by atoms with Crippen molar-refractivity contribution < 1.29 is 19.0 Å². The van der Waals surface area contributed by atoms with Gasteiger partial charge < -0.3 is 24.4 Å². The molecule has 8 heteroatoms. The average molecular weight is 477 g/mol. The van der Waals surface area contributed by atoms with Crippen LogP contribution in [0.25, 0.3) is 0 Å². The number of hydrogen-bond donors (Lipinski definition) is 1. The number of nitrogens with zero attached hydrogens (tertiary/aromatic N) is 3. The van der Waals surface area contributed by atoms with Gasteiger partial charge in [0, 0.05) is 43.9 Å². The maximum absolute atomic E-state index is 12.4. The Labute approximate surface area is 206 Å². The Bertz CT molecular complexity index is 1120. The van der Waals surface area contributed by atoms with Crippen LogP contribution in [0.2, 0.25) is 0 Å². The lowest BCUT2D eigenvalue weighted by Crippen LogP contribution is -2.31. The van der Waals surface area contributed by atoms with Crippen molar-refractivity contribution in [2.24, 2.45) is 0 Å². The van der Waals surface area contributed by atoms with E-state index in [0.29, 0.717) is 28.5 Å². The molecule has 1 aliphatic rings. The van der Waals surface area contributed by atoms with Gasteiger partial charge in [0.15, 0.2) is 11.5 Å². The van der Waals surface area contributed by atoms with E-state index in [1.54, 1.807) is 39.7 Å². The van der Waals surface area contributed by atoms with Gasteiger partial charge in [-0.3, -0.25) is 9.69 Å². The number of carbonyl (C=O) groups excluding carboxylic acids is 1. The van der Waals surface area contributed by atoms with Crippen LogP contribution in [-0.2, 0) is 6.54 Å². The van der Waals surface area contributed by atoms with E-state index in [9.17, 15) is 4.79 Å². The number of methoxy groups -OCH3 is 3. The molecule has 2 heterocycles. The molecule has 184 valence electrons. The molecule has 1 fully saturated rings. The van der Waals surface area contributed by atoms with Gasteiger partial charge in [0.2, 0.25) is 5.75 Å². The molecule has 35 heavy (non-hydrogen) atoms. The van der Waals surface area contributed by atoms with Crippen molar-refractivity contribution in [2.75, 3.05) is 57.7 Å². The number of nitrogens with one attached hydrogen (secondary N) is 1. The molecule has 0 radical (unpaired) electrons. The number of amides is 1. The molecule has 8 nitrogen and oxygen atoms in total. The van der Waals surface area contributed by atoms with Crippen molar-refractivity contribution in [2.45, 2.75) is 13.0 Å². The van der Waals surface area contributed by atoms with Gasteiger partial charge in [0.25, 0.3) is 5.91 Å². The van der Waals surface area contributed by atoms with E-state index in [0.717, 1.165) is 50.5 Å². The lowest BCUT2D eigenvalue weighted by atomic mass is 10.1. The van der Waals surface area contributed by atoms with Crippen molar-refractivity contribution in [1.82, 2.24) is 9.88 Å². The fourth-order valence-electron chi connectivity index (χ4n) is 4.33. The Hall–Kier alpha value is -3.78. The van der Waals surface area contributed by atoms with Crippen LogP contribution >= 0.6 is 0 Å². The normalized spacial score (nSPS) is 14.2. The van der Waals surface area contributed by atoms with Crippen LogP contribution < -0.4 is 24.4 Å². The van der Waals surface area contributed by atoms with Crippen molar-refractivity contribution in [3.05, 3.63) is 71.9 Å². The first kappa shape index (κ1) is 24.3. The summed E-state index contributed by atoms with van der Waals surface area (Å²) in [5.74, 6) is 2.75. The Balaban J connectivity index is 1.37. The molecule has 0 unspecified atom stereocenters. The van der Waals surface area contributed by atoms with E-state index < -0.39 is 0 Å². The second-order valence-electron chi connectivity index (χ2n) is 8.34. The monoisotopic (exact) mass is 476 g/mol. The maximum Gasteiger partial charge on any atom is 0.255 e. The highest BCUT2D eigenvalue weighted by Crippen LogP contribution is 2.40. The summed E-state index contributed by atoms with van der Waals surface area (Å²) in [6, 6.07) is 17.0. The van der Waals surface area contributed by atoms with Crippen LogP contribution in [0, 0.1) is 0 Å². The van der Waals surface area contributed by atoms with Gasteiger partial charge >= 0.3 is 0 Å². The smallest absolute Gasteiger partial charge is 0.255 e. The summed E-state index contributed by atoms with van der Waals surface area (Å²) in [5, 5.41) is 2.90. The van der Waals surface area contributed by atoms with E-state index in [2.05, 4.69) is 20.1 Å².